The van der Waals surface area contributed by atoms with E-state index in [0.717, 1.165) is 0 Å². The molecule has 1 rings (SSSR count). The van der Waals surface area contributed by atoms with Gasteiger partial charge in [-0.05, 0) is 19.9 Å². The summed E-state index contributed by atoms with van der Waals surface area (Å²) < 4.78 is 5.23. The summed E-state index contributed by atoms with van der Waals surface area (Å²) in [6.45, 7) is 4.07. The van der Waals surface area contributed by atoms with Crippen LogP contribution in [0, 0.1) is 0 Å². The van der Waals surface area contributed by atoms with Crippen molar-refractivity contribution in [1.29, 1.82) is 0 Å². The van der Waals surface area contributed by atoms with Gasteiger partial charge in [-0.1, -0.05) is 12.1 Å². The van der Waals surface area contributed by atoms with Gasteiger partial charge >= 0.3 is 0 Å². The summed E-state index contributed by atoms with van der Waals surface area (Å²) >= 11 is 0. The molecule has 0 saturated heterocycles. The largest absolute Gasteiger partial charge is 0.504 e. The summed E-state index contributed by atoms with van der Waals surface area (Å²) in [5.74, 6) is 0.612. The van der Waals surface area contributed by atoms with Crippen LogP contribution in [0.4, 0.5) is 0 Å². The topological polar surface area (TPSA) is 49.7 Å². The van der Waals surface area contributed by atoms with Gasteiger partial charge < -0.3 is 14.9 Å². The maximum Gasteiger partial charge on any atom is 0.161 e. The third-order valence-corrected chi connectivity index (χ3v) is 1.90. The van der Waals surface area contributed by atoms with Gasteiger partial charge in [-0.15, -0.1) is 0 Å². The van der Waals surface area contributed by atoms with E-state index in [1.165, 1.54) is 0 Å². The van der Waals surface area contributed by atoms with E-state index in [0.29, 0.717) is 24.3 Å². The lowest BCUT2D eigenvalue weighted by Crippen LogP contribution is -2.04. The summed E-state index contributed by atoms with van der Waals surface area (Å²) in [7, 11) is 0. The minimum Gasteiger partial charge on any atom is -0.504 e. The number of phenols is 1. The number of phenolic OH excluding ortho intramolecular Hbond substituents is 1. The highest BCUT2D eigenvalue weighted by Gasteiger charge is 2.09. The quantitative estimate of drug-likeness (QED) is 0.770. The van der Waals surface area contributed by atoms with Gasteiger partial charge in [0.25, 0.3) is 0 Å². The van der Waals surface area contributed by atoms with Crippen LogP contribution < -0.4 is 4.74 Å². The minimum absolute atomic E-state index is 0.134. The van der Waals surface area contributed by atoms with Gasteiger partial charge in [0, 0.05) is 12.0 Å². The monoisotopic (exact) mass is 196 g/mol. The Hall–Kier alpha value is -1.22. The molecule has 2 N–H and O–H groups in total. The average Bonchev–Trinajstić information content (AvgIpc) is 2.11. The summed E-state index contributed by atoms with van der Waals surface area (Å²) in [5.41, 5.74) is 0.714. The Bertz CT molecular complexity index is 295. The second-order valence-corrected chi connectivity index (χ2v) is 3.25. The standard InChI is InChI=1S/C11H16O3/c1-3-14-10-6-4-5-9(11(10)13)7-8(2)12/h4-6,8,12-13H,3,7H2,1-2H3/t8-/m0/s1. The van der Waals surface area contributed by atoms with E-state index in [-0.39, 0.29) is 5.75 Å². The predicted molar refractivity (Wildman–Crippen MR) is 54.7 cm³/mol. The maximum atomic E-state index is 9.73. The second kappa shape index (κ2) is 4.86. The Balaban J connectivity index is 2.89. The number of ether oxygens (including phenoxy) is 1. The van der Waals surface area contributed by atoms with E-state index < -0.39 is 6.10 Å². The molecule has 0 aliphatic carbocycles. The van der Waals surface area contributed by atoms with Gasteiger partial charge in [0.15, 0.2) is 11.5 Å². The number of rotatable bonds is 4. The Labute approximate surface area is 84.0 Å². The second-order valence-electron chi connectivity index (χ2n) is 3.25. The third-order valence-electron chi connectivity index (χ3n) is 1.90. The number of aliphatic hydroxyl groups excluding tert-OH is 1. The SMILES string of the molecule is CCOc1cccc(C[C@H](C)O)c1O. The van der Waals surface area contributed by atoms with Gasteiger partial charge in [0.1, 0.15) is 0 Å². The van der Waals surface area contributed by atoms with Crippen LogP contribution in [0.15, 0.2) is 18.2 Å². The fraction of sp³-hybridized carbons (Fsp3) is 0.455. The predicted octanol–water partition coefficient (Wildman–Crippen LogP) is 1.71. The Morgan fingerprint density at radius 3 is 2.71 bits per heavy atom. The zero-order valence-corrected chi connectivity index (χ0v) is 8.53. The maximum absolute atomic E-state index is 9.73. The molecule has 3 heteroatoms. The van der Waals surface area contributed by atoms with Crippen molar-refractivity contribution in [1.82, 2.24) is 0 Å². The van der Waals surface area contributed by atoms with E-state index in [4.69, 9.17) is 4.74 Å². The average molecular weight is 196 g/mol. The summed E-state index contributed by atoms with van der Waals surface area (Å²) in [4.78, 5) is 0. The Morgan fingerprint density at radius 1 is 1.43 bits per heavy atom. The molecule has 0 spiro atoms. The molecule has 0 bridgehead atoms. The molecule has 0 amide bonds. The van der Waals surface area contributed by atoms with Crippen LogP contribution in [0.5, 0.6) is 11.5 Å². The van der Waals surface area contributed by atoms with Gasteiger partial charge in [-0.3, -0.25) is 0 Å². The Morgan fingerprint density at radius 2 is 2.14 bits per heavy atom. The number of para-hydroxylation sites is 1. The van der Waals surface area contributed by atoms with Crippen molar-refractivity contribution >= 4 is 0 Å². The lowest BCUT2D eigenvalue weighted by Gasteiger charge is -2.10. The zero-order valence-electron chi connectivity index (χ0n) is 8.53. The van der Waals surface area contributed by atoms with Crippen molar-refractivity contribution in [3.63, 3.8) is 0 Å². The fourth-order valence-electron chi connectivity index (χ4n) is 1.32. The summed E-state index contributed by atoms with van der Waals surface area (Å²) in [6.07, 6.45) is -0.0231. The molecule has 1 atom stereocenters. The van der Waals surface area contributed by atoms with E-state index in [1.54, 1.807) is 19.1 Å². The number of aliphatic hydroxyl groups is 1. The lowest BCUT2D eigenvalue weighted by molar-refractivity contribution is 0.194. The molecule has 78 valence electrons. The molecule has 0 heterocycles. The van der Waals surface area contributed by atoms with Crippen molar-refractivity contribution < 1.29 is 14.9 Å². The first kappa shape index (κ1) is 10.9. The van der Waals surface area contributed by atoms with E-state index in [1.807, 2.05) is 13.0 Å². The first-order chi connectivity index (χ1) is 6.65. The third kappa shape index (κ3) is 2.64. The highest BCUT2D eigenvalue weighted by atomic mass is 16.5. The number of hydrogen-bond acceptors (Lipinski definition) is 3. The van der Waals surface area contributed by atoms with Crippen molar-refractivity contribution in [2.24, 2.45) is 0 Å². The van der Waals surface area contributed by atoms with Gasteiger partial charge in [-0.2, -0.15) is 0 Å². The van der Waals surface area contributed by atoms with Crippen molar-refractivity contribution in [3.8, 4) is 11.5 Å². The van der Waals surface area contributed by atoms with Crippen molar-refractivity contribution in [2.45, 2.75) is 26.4 Å². The first-order valence-corrected chi connectivity index (χ1v) is 4.76. The highest BCUT2D eigenvalue weighted by molar-refractivity contribution is 5.45. The normalized spacial score (nSPS) is 12.5. The number of hydrogen-bond donors (Lipinski definition) is 2. The molecule has 0 fully saturated rings. The van der Waals surface area contributed by atoms with Crippen LogP contribution in [-0.4, -0.2) is 22.9 Å². The zero-order chi connectivity index (χ0) is 10.6. The van der Waals surface area contributed by atoms with Crippen LogP contribution in [0.1, 0.15) is 19.4 Å². The molecule has 0 aliphatic rings. The van der Waals surface area contributed by atoms with Crippen molar-refractivity contribution in [3.05, 3.63) is 23.8 Å². The fourth-order valence-corrected chi connectivity index (χ4v) is 1.32. The molecule has 0 aliphatic heterocycles. The molecule has 1 aromatic rings. The van der Waals surface area contributed by atoms with E-state index in [2.05, 4.69) is 0 Å². The van der Waals surface area contributed by atoms with Crippen LogP contribution in [-0.2, 0) is 6.42 Å². The summed E-state index contributed by atoms with van der Waals surface area (Å²) in [5, 5.41) is 18.9. The van der Waals surface area contributed by atoms with Crippen LogP contribution >= 0.6 is 0 Å². The van der Waals surface area contributed by atoms with Gasteiger partial charge in [0.2, 0.25) is 0 Å². The summed E-state index contributed by atoms with van der Waals surface area (Å²) in [6, 6.07) is 5.30. The molecule has 0 saturated carbocycles. The molecule has 0 unspecified atom stereocenters. The van der Waals surface area contributed by atoms with Crippen molar-refractivity contribution in [2.75, 3.05) is 6.61 Å². The molecule has 0 aromatic heterocycles. The minimum atomic E-state index is -0.460. The smallest absolute Gasteiger partial charge is 0.161 e. The molecule has 1 aromatic carbocycles. The molecular weight excluding hydrogens is 180 g/mol. The van der Waals surface area contributed by atoms with Crippen LogP contribution in [0.25, 0.3) is 0 Å². The molecule has 0 radical (unpaired) electrons. The van der Waals surface area contributed by atoms with Crippen LogP contribution in [0.3, 0.4) is 0 Å². The van der Waals surface area contributed by atoms with Gasteiger partial charge in [0.05, 0.1) is 12.7 Å². The highest BCUT2D eigenvalue weighted by Crippen LogP contribution is 2.30. The molecule has 3 nitrogen and oxygen atoms in total. The van der Waals surface area contributed by atoms with E-state index in [9.17, 15) is 10.2 Å². The Kier molecular flexibility index (Phi) is 3.77. The van der Waals surface area contributed by atoms with Crippen LogP contribution in [0.2, 0.25) is 0 Å². The lowest BCUT2D eigenvalue weighted by atomic mass is 10.1. The molecule has 14 heavy (non-hydrogen) atoms. The van der Waals surface area contributed by atoms with Gasteiger partial charge in [-0.25, -0.2) is 0 Å². The number of aromatic hydroxyl groups is 1. The first-order valence-electron chi connectivity index (χ1n) is 4.76. The van der Waals surface area contributed by atoms with E-state index >= 15 is 0 Å². The number of benzene rings is 1. The molecular formula is C11H16O3.